The summed E-state index contributed by atoms with van der Waals surface area (Å²) in [4.78, 5) is 26.7. The van der Waals surface area contributed by atoms with Gasteiger partial charge in [-0.3, -0.25) is 14.4 Å². The summed E-state index contributed by atoms with van der Waals surface area (Å²) in [5.74, 6) is -0.598. The van der Waals surface area contributed by atoms with E-state index in [0.29, 0.717) is 6.54 Å². The number of amides is 2. The normalized spacial score (nSPS) is 9.56. The molecule has 16 heavy (non-hydrogen) atoms. The second-order valence-corrected chi connectivity index (χ2v) is 3.13. The van der Waals surface area contributed by atoms with Crippen molar-refractivity contribution in [1.29, 1.82) is 0 Å². The van der Waals surface area contributed by atoms with E-state index in [4.69, 9.17) is 5.73 Å². The van der Waals surface area contributed by atoms with Crippen LogP contribution in [-0.4, -0.2) is 31.5 Å². The molecule has 0 saturated carbocycles. The number of hydroxylamine groups is 1. The van der Waals surface area contributed by atoms with Crippen molar-refractivity contribution >= 4 is 11.8 Å². The molecule has 0 aliphatic heterocycles. The number of hydrogen-bond donors (Lipinski definition) is 3. The van der Waals surface area contributed by atoms with Crippen molar-refractivity contribution in [3.05, 3.63) is 12.7 Å². The molecule has 0 saturated heterocycles. The number of carbonyl (C=O) groups excluding carboxylic acids is 2. The topological polar surface area (TPSA) is 93.5 Å². The summed E-state index contributed by atoms with van der Waals surface area (Å²) in [6.45, 7) is 4.21. The van der Waals surface area contributed by atoms with Gasteiger partial charge in [0.25, 0.3) is 0 Å². The van der Waals surface area contributed by atoms with Crippen molar-refractivity contribution in [3.63, 3.8) is 0 Å². The first kappa shape index (κ1) is 14.6. The molecule has 0 unspecified atom stereocenters. The van der Waals surface area contributed by atoms with Crippen LogP contribution in [0, 0.1) is 0 Å². The van der Waals surface area contributed by atoms with Gasteiger partial charge in [-0.15, -0.1) is 6.58 Å². The van der Waals surface area contributed by atoms with E-state index >= 15 is 0 Å². The number of unbranched alkanes of at least 4 members (excludes halogenated alkanes) is 1. The summed E-state index contributed by atoms with van der Waals surface area (Å²) >= 11 is 0. The van der Waals surface area contributed by atoms with E-state index in [2.05, 4.69) is 22.2 Å². The Morgan fingerprint density at radius 2 is 2.12 bits per heavy atom. The fourth-order valence-corrected chi connectivity index (χ4v) is 0.889. The smallest absolute Gasteiger partial charge is 0.248 e. The molecule has 0 atom stereocenters. The van der Waals surface area contributed by atoms with E-state index in [0.717, 1.165) is 12.8 Å². The van der Waals surface area contributed by atoms with Crippen molar-refractivity contribution in [2.24, 2.45) is 5.73 Å². The SMILES string of the molecule is C=CCCCNC(=O)CONC(=O)CCN. The molecule has 0 aliphatic carbocycles. The Bertz CT molecular complexity index is 231. The summed E-state index contributed by atoms with van der Waals surface area (Å²) in [5, 5.41) is 2.64. The van der Waals surface area contributed by atoms with Crippen LogP contribution in [0.1, 0.15) is 19.3 Å². The van der Waals surface area contributed by atoms with Crippen LogP contribution in [-0.2, 0) is 14.4 Å². The van der Waals surface area contributed by atoms with Gasteiger partial charge in [-0.1, -0.05) is 6.08 Å². The molecule has 0 aromatic heterocycles. The standard InChI is InChI=1S/C10H19N3O3/c1-2-3-4-7-12-10(15)8-16-13-9(14)5-6-11/h2H,1,3-8,11H2,(H,12,15)(H,13,14). The minimum Gasteiger partial charge on any atom is -0.354 e. The van der Waals surface area contributed by atoms with Crippen molar-refractivity contribution < 1.29 is 14.4 Å². The van der Waals surface area contributed by atoms with Crippen LogP contribution >= 0.6 is 0 Å². The highest BCUT2D eigenvalue weighted by molar-refractivity contribution is 5.78. The number of carbonyl (C=O) groups is 2. The third-order valence-electron chi connectivity index (χ3n) is 1.67. The van der Waals surface area contributed by atoms with Gasteiger partial charge in [0.05, 0.1) is 0 Å². The van der Waals surface area contributed by atoms with Gasteiger partial charge >= 0.3 is 0 Å². The van der Waals surface area contributed by atoms with E-state index in [-0.39, 0.29) is 31.4 Å². The van der Waals surface area contributed by atoms with E-state index in [9.17, 15) is 9.59 Å². The van der Waals surface area contributed by atoms with Crippen molar-refractivity contribution in [2.45, 2.75) is 19.3 Å². The number of allylic oxidation sites excluding steroid dienone is 1. The minimum atomic E-state index is -0.332. The van der Waals surface area contributed by atoms with Gasteiger partial charge in [0.2, 0.25) is 11.8 Å². The lowest BCUT2D eigenvalue weighted by Gasteiger charge is -2.06. The van der Waals surface area contributed by atoms with Gasteiger partial charge in [-0.2, -0.15) is 0 Å². The second-order valence-electron chi connectivity index (χ2n) is 3.13. The van der Waals surface area contributed by atoms with Gasteiger partial charge in [0.1, 0.15) is 0 Å². The number of hydrogen-bond acceptors (Lipinski definition) is 4. The van der Waals surface area contributed by atoms with Gasteiger partial charge in [0, 0.05) is 19.5 Å². The summed E-state index contributed by atoms with van der Waals surface area (Å²) in [7, 11) is 0. The highest BCUT2D eigenvalue weighted by atomic mass is 16.7. The maximum atomic E-state index is 11.1. The lowest BCUT2D eigenvalue weighted by Crippen LogP contribution is -2.33. The van der Waals surface area contributed by atoms with Crippen LogP contribution in [0.4, 0.5) is 0 Å². The Morgan fingerprint density at radius 1 is 1.38 bits per heavy atom. The van der Waals surface area contributed by atoms with Crippen LogP contribution in [0.3, 0.4) is 0 Å². The zero-order valence-corrected chi connectivity index (χ0v) is 9.33. The minimum absolute atomic E-state index is 0.182. The molecule has 0 fully saturated rings. The summed E-state index contributed by atoms with van der Waals surface area (Å²) < 4.78 is 0. The average Bonchev–Trinajstić information content (AvgIpc) is 2.25. The number of nitrogens with two attached hydrogens (primary N) is 1. The van der Waals surface area contributed by atoms with Crippen LogP contribution in [0.25, 0.3) is 0 Å². The Labute approximate surface area is 95.2 Å². The Balaban J connectivity index is 3.36. The lowest BCUT2D eigenvalue weighted by molar-refractivity contribution is -0.139. The first-order valence-corrected chi connectivity index (χ1v) is 5.19. The van der Waals surface area contributed by atoms with Gasteiger partial charge in [-0.05, 0) is 12.8 Å². The lowest BCUT2D eigenvalue weighted by atomic mass is 10.3. The van der Waals surface area contributed by atoms with Gasteiger partial charge in [0.15, 0.2) is 6.61 Å². The monoisotopic (exact) mass is 229 g/mol. The van der Waals surface area contributed by atoms with E-state index in [1.807, 2.05) is 0 Å². The zero-order chi connectivity index (χ0) is 12.2. The third-order valence-corrected chi connectivity index (χ3v) is 1.67. The highest BCUT2D eigenvalue weighted by Gasteiger charge is 2.02. The van der Waals surface area contributed by atoms with Gasteiger partial charge in [-0.25, -0.2) is 5.48 Å². The Kier molecular flexibility index (Phi) is 9.24. The zero-order valence-electron chi connectivity index (χ0n) is 9.33. The largest absolute Gasteiger partial charge is 0.354 e. The molecule has 0 aromatic carbocycles. The van der Waals surface area contributed by atoms with Crippen LogP contribution in [0.5, 0.6) is 0 Å². The molecule has 6 nitrogen and oxygen atoms in total. The molecular formula is C10H19N3O3. The van der Waals surface area contributed by atoms with Crippen molar-refractivity contribution in [3.8, 4) is 0 Å². The first-order chi connectivity index (χ1) is 7.70. The number of rotatable bonds is 9. The predicted octanol–water partition coefficient (Wildman–Crippen LogP) is -0.535. The molecular weight excluding hydrogens is 210 g/mol. The molecule has 0 radical (unpaired) electrons. The highest BCUT2D eigenvalue weighted by Crippen LogP contribution is 1.86. The molecule has 0 spiro atoms. The first-order valence-electron chi connectivity index (χ1n) is 5.19. The Hall–Kier alpha value is -1.40. The molecule has 0 aliphatic rings. The van der Waals surface area contributed by atoms with E-state index in [1.54, 1.807) is 6.08 Å². The fourth-order valence-electron chi connectivity index (χ4n) is 0.889. The van der Waals surface area contributed by atoms with Crippen LogP contribution < -0.4 is 16.5 Å². The molecule has 0 heterocycles. The quantitative estimate of drug-likeness (QED) is 0.281. The molecule has 2 amide bonds. The summed E-state index contributed by atoms with van der Waals surface area (Å²) in [5.41, 5.74) is 7.27. The molecule has 0 rings (SSSR count). The number of nitrogens with one attached hydrogen (secondary N) is 2. The molecule has 0 bridgehead atoms. The maximum absolute atomic E-state index is 11.1. The van der Waals surface area contributed by atoms with Crippen LogP contribution in [0.2, 0.25) is 0 Å². The average molecular weight is 229 g/mol. The van der Waals surface area contributed by atoms with E-state index in [1.165, 1.54) is 0 Å². The molecule has 6 heteroatoms. The summed E-state index contributed by atoms with van der Waals surface area (Å²) in [6, 6.07) is 0. The summed E-state index contributed by atoms with van der Waals surface area (Å²) in [6.07, 6.45) is 3.67. The Morgan fingerprint density at radius 3 is 2.75 bits per heavy atom. The van der Waals surface area contributed by atoms with Gasteiger partial charge < -0.3 is 11.1 Å². The predicted molar refractivity (Wildman–Crippen MR) is 60.2 cm³/mol. The van der Waals surface area contributed by atoms with Crippen LogP contribution in [0.15, 0.2) is 12.7 Å². The second kappa shape index (κ2) is 10.1. The van der Waals surface area contributed by atoms with Crippen molar-refractivity contribution in [1.82, 2.24) is 10.8 Å². The third kappa shape index (κ3) is 9.17. The van der Waals surface area contributed by atoms with E-state index < -0.39 is 0 Å². The fraction of sp³-hybridized carbons (Fsp3) is 0.600. The molecule has 92 valence electrons. The van der Waals surface area contributed by atoms with Crippen molar-refractivity contribution in [2.75, 3.05) is 19.7 Å². The maximum Gasteiger partial charge on any atom is 0.248 e. The molecule has 0 aromatic rings. The molecule has 4 N–H and O–H groups in total.